The van der Waals surface area contributed by atoms with Crippen molar-refractivity contribution >= 4 is 17.5 Å². The van der Waals surface area contributed by atoms with Gasteiger partial charge in [-0.1, -0.05) is 0 Å². The maximum absolute atomic E-state index is 11.2. The van der Waals surface area contributed by atoms with Crippen molar-refractivity contribution in [2.45, 2.75) is 13.0 Å². The normalized spacial score (nSPS) is 14.9. The highest BCUT2D eigenvalue weighted by Crippen LogP contribution is 2.15. The predicted molar refractivity (Wildman–Crippen MR) is 67.4 cm³/mol. The quantitative estimate of drug-likeness (QED) is 0.742. The fraction of sp³-hybridized carbons (Fsp3) is 0.417. The van der Waals surface area contributed by atoms with E-state index in [0.29, 0.717) is 12.6 Å². The first-order valence-electron chi connectivity index (χ1n) is 5.79. The van der Waals surface area contributed by atoms with E-state index in [4.69, 9.17) is 4.74 Å². The highest BCUT2D eigenvalue weighted by Gasteiger charge is 2.15. The Morgan fingerprint density at radius 1 is 1.35 bits per heavy atom. The number of ether oxygens (including phenoxy) is 1. The number of hydrogen-bond acceptors (Lipinski definition) is 4. The van der Waals surface area contributed by atoms with Gasteiger partial charge in [0.15, 0.2) is 0 Å². The molecule has 0 radical (unpaired) electrons. The number of hydrogen-bond donors (Lipinski definition) is 3. The van der Waals surface area contributed by atoms with Crippen LogP contribution >= 0.6 is 0 Å². The first kappa shape index (κ1) is 11.7. The van der Waals surface area contributed by atoms with Gasteiger partial charge in [0, 0.05) is 24.5 Å². The van der Waals surface area contributed by atoms with Crippen LogP contribution in [0.15, 0.2) is 24.3 Å². The molecular weight excluding hydrogens is 218 g/mol. The molecule has 5 heteroatoms. The Morgan fingerprint density at radius 3 is 2.53 bits per heavy atom. The maximum atomic E-state index is 11.2. The number of carbonyl (C=O) groups is 1. The van der Waals surface area contributed by atoms with Crippen molar-refractivity contribution in [2.24, 2.45) is 0 Å². The van der Waals surface area contributed by atoms with E-state index in [1.165, 1.54) is 0 Å². The van der Waals surface area contributed by atoms with Crippen LogP contribution in [-0.4, -0.2) is 31.8 Å². The number of carbonyl (C=O) groups excluding carboxylic acids is 1. The lowest BCUT2D eigenvalue weighted by Crippen LogP contribution is -2.51. The van der Waals surface area contributed by atoms with Crippen molar-refractivity contribution in [3.8, 4) is 0 Å². The highest BCUT2D eigenvalue weighted by atomic mass is 16.5. The molecule has 1 aliphatic rings. The van der Waals surface area contributed by atoms with Gasteiger partial charge in [-0.05, 0) is 31.2 Å². The van der Waals surface area contributed by atoms with Crippen molar-refractivity contribution in [2.75, 3.05) is 30.3 Å². The number of amides is 1. The summed E-state index contributed by atoms with van der Waals surface area (Å²) >= 11 is 0. The summed E-state index contributed by atoms with van der Waals surface area (Å²) in [6.07, 6.45) is -0.420. The van der Waals surface area contributed by atoms with Gasteiger partial charge in [0.1, 0.15) is 0 Å². The van der Waals surface area contributed by atoms with E-state index in [0.717, 1.165) is 24.5 Å². The fourth-order valence-electron chi connectivity index (χ4n) is 1.56. The Balaban J connectivity index is 1.86. The van der Waals surface area contributed by atoms with Gasteiger partial charge in [-0.15, -0.1) is 0 Å². The fourth-order valence-corrected chi connectivity index (χ4v) is 1.56. The molecule has 0 aromatic heterocycles. The highest BCUT2D eigenvalue weighted by molar-refractivity contribution is 5.84. The molecule has 17 heavy (non-hydrogen) atoms. The van der Waals surface area contributed by atoms with Crippen LogP contribution < -0.4 is 16.0 Å². The SMILES string of the molecule is CCOC(=O)Nc1ccc(NC2CNC2)cc1. The van der Waals surface area contributed by atoms with Crippen molar-refractivity contribution in [1.29, 1.82) is 0 Å². The third-order valence-electron chi connectivity index (χ3n) is 2.56. The van der Waals surface area contributed by atoms with E-state index >= 15 is 0 Å². The van der Waals surface area contributed by atoms with Crippen LogP contribution in [0, 0.1) is 0 Å². The topological polar surface area (TPSA) is 62.4 Å². The molecule has 1 aromatic carbocycles. The van der Waals surface area contributed by atoms with Crippen molar-refractivity contribution in [3.63, 3.8) is 0 Å². The van der Waals surface area contributed by atoms with Crippen LogP contribution in [-0.2, 0) is 4.74 Å². The van der Waals surface area contributed by atoms with Crippen LogP contribution in [0.2, 0.25) is 0 Å². The van der Waals surface area contributed by atoms with Gasteiger partial charge >= 0.3 is 6.09 Å². The Kier molecular flexibility index (Phi) is 3.82. The molecule has 1 heterocycles. The van der Waals surface area contributed by atoms with E-state index < -0.39 is 6.09 Å². The Morgan fingerprint density at radius 2 is 2.00 bits per heavy atom. The zero-order chi connectivity index (χ0) is 12.1. The van der Waals surface area contributed by atoms with Gasteiger partial charge in [0.25, 0.3) is 0 Å². The molecule has 92 valence electrons. The van der Waals surface area contributed by atoms with Crippen LogP contribution in [0.1, 0.15) is 6.92 Å². The number of anilines is 2. The maximum Gasteiger partial charge on any atom is 0.411 e. The first-order chi connectivity index (χ1) is 8.28. The molecule has 1 fully saturated rings. The van der Waals surface area contributed by atoms with E-state index in [9.17, 15) is 4.79 Å². The molecule has 1 aromatic rings. The molecule has 0 spiro atoms. The summed E-state index contributed by atoms with van der Waals surface area (Å²) in [4.78, 5) is 11.2. The molecule has 0 atom stereocenters. The van der Waals surface area contributed by atoms with Gasteiger partial charge in [0.2, 0.25) is 0 Å². The summed E-state index contributed by atoms with van der Waals surface area (Å²) in [6.45, 7) is 4.16. The number of rotatable bonds is 4. The number of benzene rings is 1. The van der Waals surface area contributed by atoms with E-state index in [1.54, 1.807) is 6.92 Å². The largest absolute Gasteiger partial charge is 0.450 e. The molecule has 2 rings (SSSR count). The Bertz CT molecular complexity index is 374. The minimum absolute atomic E-state index is 0.375. The minimum atomic E-state index is -0.420. The molecule has 0 bridgehead atoms. The average Bonchev–Trinajstić information content (AvgIpc) is 2.26. The second-order valence-electron chi connectivity index (χ2n) is 3.92. The number of nitrogens with one attached hydrogen (secondary N) is 3. The zero-order valence-electron chi connectivity index (χ0n) is 9.82. The van der Waals surface area contributed by atoms with Crippen molar-refractivity contribution in [1.82, 2.24) is 5.32 Å². The molecule has 1 amide bonds. The van der Waals surface area contributed by atoms with Crippen LogP contribution in [0.3, 0.4) is 0 Å². The molecule has 0 saturated carbocycles. The lowest BCUT2D eigenvalue weighted by atomic mass is 10.1. The second-order valence-corrected chi connectivity index (χ2v) is 3.92. The lowest BCUT2D eigenvalue weighted by molar-refractivity contribution is 0.168. The second kappa shape index (κ2) is 5.54. The van der Waals surface area contributed by atoms with Crippen molar-refractivity contribution in [3.05, 3.63) is 24.3 Å². The van der Waals surface area contributed by atoms with E-state index in [2.05, 4.69) is 16.0 Å². The third-order valence-corrected chi connectivity index (χ3v) is 2.56. The van der Waals surface area contributed by atoms with Crippen LogP contribution in [0.25, 0.3) is 0 Å². The van der Waals surface area contributed by atoms with Gasteiger partial charge in [-0.3, -0.25) is 5.32 Å². The third kappa shape index (κ3) is 3.35. The van der Waals surface area contributed by atoms with E-state index in [1.807, 2.05) is 24.3 Å². The summed E-state index contributed by atoms with van der Waals surface area (Å²) in [5.74, 6) is 0. The zero-order valence-corrected chi connectivity index (χ0v) is 9.82. The average molecular weight is 235 g/mol. The molecule has 1 aliphatic heterocycles. The minimum Gasteiger partial charge on any atom is -0.450 e. The Hall–Kier alpha value is -1.75. The predicted octanol–water partition coefficient (Wildman–Crippen LogP) is 1.64. The van der Waals surface area contributed by atoms with Gasteiger partial charge in [-0.25, -0.2) is 4.79 Å². The molecule has 1 saturated heterocycles. The molecule has 3 N–H and O–H groups in total. The molecule has 0 aliphatic carbocycles. The van der Waals surface area contributed by atoms with Crippen LogP contribution in [0.4, 0.5) is 16.2 Å². The van der Waals surface area contributed by atoms with Crippen molar-refractivity contribution < 1.29 is 9.53 Å². The van der Waals surface area contributed by atoms with Gasteiger partial charge in [-0.2, -0.15) is 0 Å². The lowest BCUT2D eigenvalue weighted by Gasteiger charge is -2.29. The van der Waals surface area contributed by atoms with Gasteiger partial charge < -0.3 is 15.4 Å². The molecular formula is C12H17N3O2. The summed E-state index contributed by atoms with van der Waals surface area (Å²) in [6, 6.07) is 8.11. The Labute approximate surface area is 101 Å². The first-order valence-corrected chi connectivity index (χ1v) is 5.79. The monoisotopic (exact) mass is 235 g/mol. The molecule has 0 unspecified atom stereocenters. The van der Waals surface area contributed by atoms with Crippen LogP contribution in [0.5, 0.6) is 0 Å². The standard InChI is InChI=1S/C12H17N3O2/c1-2-17-12(16)15-10-5-3-9(4-6-10)14-11-7-13-8-11/h3-6,11,13-14H,2,7-8H2,1H3,(H,15,16). The summed E-state index contributed by atoms with van der Waals surface area (Å²) in [7, 11) is 0. The summed E-state index contributed by atoms with van der Waals surface area (Å²) in [5.41, 5.74) is 1.80. The molecule has 5 nitrogen and oxygen atoms in total. The smallest absolute Gasteiger partial charge is 0.411 e. The van der Waals surface area contributed by atoms with Gasteiger partial charge in [0.05, 0.1) is 12.6 Å². The summed E-state index contributed by atoms with van der Waals surface area (Å²) < 4.78 is 4.79. The van der Waals surface area contributed by atoms with E-state index in [-0.39, 0.29) is 0 Å². The summed E-state index contributed by atoms with van der Waals surface area (Å²) in [5, 5.41) is 9.22.